The van der Waals surface area contributed by atoms with Crippen molar-refractivity contribution in [3.8, 4) is 17.5 Å². The summed E-state index contributed by atoms with van der Waals surface area (Å²) in [5, 5.41) is 19.0. The van der Waals surface area contributed by atoms with Crippen LogP contribution in [0, 0.1) is 11.3 Å². The SMILES string of the molecule is CN(C)c1ccc(-c2nnc(SCc3ccc(C#N)cc3)n2CCc2ccccc2)cc1. The Morgan fingerprint density at radius 1 is 0.875 bits per heavy atom. The summed E-state index contributed by atoms with van der Waals surface area (Å²) in [6, 6.07) is 28.8. The molecule has 1 aromatic heterocycles. The fraction of sp³-hybridized carbons (Fsp3) is 0.192. The van der Waals surface area contributed by atoms with Crippen LogP contribution in [0.4, 0.5) is 5.69 Å². The van der Waals surface area contributed by atoms with E-state index in [1.807, 2.05) is 44.4 Å². The molecule has 0 spiro atoms. The van der Waals surface area contributed by atoms with Crippen LogP contribution >= 0.6 is 11.8 Å². The minimum absolute atomic E-state index is 0.674. The van der Waals surface area contributed by atoms with Gasteiger partial charge in [0, 0.05) is 37.6 Å². The highest BCUT2D eigenvalue weighted by Crippen LogP contribution is 2.28. The lowest BCUT2D eigenvalue weighted by Gasteiger charge is -2.14. The van der Waals surface area contributed by atoms with Gasteiger partial charge >= 0.3 is 0 Å². The van der Waals surface area contributed by atoms with E-state index in [2.05, 4.69) is 74.3 Å². The normalized spacial score (nSPS) is 10.7. The number of thioether (sulfide) groups is 1. The van der Waals surface area contributed by atoms with E-state index in [1.165, 1.54) is 5.56 Å². The minimum atomic E-state index is 0.674. The molecule has 0 bridgehead atoms. The van der Waals surface area contributed by atoms with Crippen LogP contribution in [0.1, 0.15) is 16.7 Å². The average molecular weight is 440 g/mol. The Balaban J connectivity index is 1.59. The monoisotopic (exact) mass is 439 g/mol. The number of nitrogens with zero attached hydrogens (tertiary/aromatic N) is 5. The Morgan fingerprint density at radius 2 is 1.59 bits per heavy atom. The van der Waals surface area contributed by atoms with Crippen LogP contribution in [0.3, 0.4) is 0 Å². The van der Waals surface area contributed by atoms with Crippen molar-refractivity contribution in [3.63, 3.8) is 0 Å². The van der Waals surface area contributed by atoms with Crippen molar-refractivity contribution < 1.29 is 0 Å². The number of hydrogen-bond donors (Lipinski definition) is 0. The zero-order valence-corrected chi connectivity index (χ0v) is 19.1. The largest absolute Gasteiger partial charge is 0.378 e. The number of aryl methyl sites for hydroxylation is 1. The molecule has 4 rings (SSSR count). The molecular formula is C26H25N5S. The molecule has 32 heavy (non-hydrogen) atoms. The highest BCUT2D eigenvalue weighted by Gasteiger charge is 2.15. The molecule has 160 valence electrons. The van der Waals surface area contributed by atoms with Crippen molar-refractivity contribution >= 4 is 17.4 Å². The van der Waals surface area contributed by atoms with E-state index in [4.69, 9.17) is 5.26 Å². The Kier molecular flexibility index (Phi) is 6.88. The first-order valence-corrected chi connectivity index (χ1v) is 11.5. The van der Waals surface area contributed by atoms with Gasteiger partial charge in [-0.1, -0.05) is 54.2 Å². The highest BCUT2D eigenvalue weighted by molar-refractivity contribution is 7.98. The van der Waals surface area contributed by atoms with Crippen molar-refractivity contribution in [1.29, 1.82) is 5.26 Å². The third kappa shape index (κ3) is 5.19. The number of hydrogen-bond acceptors (Lipinski definition) is 5. The Hall–Kier alpha value is -3.56. The third-order valence-corrected chi connectivity index (χ3v) is 6.31. The topological polar surface area (TPSA) is 57.7 Å². The second-order valence-corrected chi connectivity index (χ2v) is 8.67. The summed E-state index contributed by atoms with van der Waals surface area (Å²) in [5.74, 6) is 1.66. The molecular weight excluding hydrogens is 414 g/mol. The van der Waals surface area contributed by atoms with Crippen molar-refractivity contribution in [1.82, 2.24) is 14.8 Å². The smallest absolute Gasteiger partial charge is 0.191 e. The first kappa shape index (κ1) is 21.7. The number of rotatable bonds is 8. The molecule has 3 aromatic carbocycles. The second kappa shape index (κ2) is 10.2. The quantitative estimate of drug-likeness (QED) is 0.343. The van der Waals surface area contributed by atoms with Gasteiger partial charge in [-0.3, -0.25) is 0 Å². The van der Waals surface area contributed by atoms with E-state index >= 15 is 0 Å². The molecule has 0 atom stereocenters. The van der Waals surface area contributed by atoms with Crippen LogP contribution in [0.2, 0.25) is 0 Å². The molecule has 0 saturated carbocycles. The van der Waals surface area contributed by atoms with Crippen molar-refractivity contribution in [2.45, 2.75) is 23.9 Å². The molecule has 4 aromatic rings. The summed E-state index contributed by atoms with van der Waals surface area (Å²) in [6.45, 7) is 0.803. The minimum Gasteiger partial charge on any atom is -0.378 e. The van der Waals surface area contributed by atoms with Gasteiger partial charge in [0.1, 0.15) is 0 Å². The standard InChI is InChI=1S/C26H25N5S/c1-30(2)24-14-12-23(13-15-24)25-28-29-26(31(25)17-16-20-6-4-3-5-7-20)32-19-22-10-8-21(18-27)9-11-22/h3-15H,16-17,19H2,1-2H3. The zero-order valence-electron chi connectivity index (χ0n) is 18.3. The van der Waals surface area contributed by atoms with E-state index in [0.717, 1.165) is 46.5 Å². The first-order valence-electron chi connectivity index (χ1n) is 10.5. The van der Waals surface area contributed by atoms with Crippen LogP contribution < -0.4 is 4.90 Å². The molecule has 0 radical (unpaired) electrons. The predicted octanol–water partition coefficient (Wildman–Crippen LogP) is 5.42. The van der Waals surface area contributed by atoms with Crippen molar-refractivity contribution in [2.24, 2.45) is 0 Å². The Labute approximate surface area is 193 Å². The van der Waals surface area contributed by atoms with Gasteiger partial charge in [0.05, 0.1) is 11.6 Å². The van der Waals surface area contributed by atoms with Gasteiger partial charge in [-0.2, -0.15) is 5.26 Å². The van der Waals surface area contributed by atoms with Gasteiger partial charge in [-0.25, -0.2) is 0 Å². The maximum Gasteiger partial charge on any atom is 0.191 e. The Bertz CT molecular complexity index is 1190. The highest BCUT2D eigenvalue weighted by atomic mass is 32.2. The van der Waals surface area contributed by atoms with Gasteiger partial charge in [0.25, 0.3) is 0 Å². The van der Waals surface area contributed by atoms with Gasteiger partial charge < -0.3 is 9.47 Å². The van der Waals surface area contributed by atoms with E-state index in [0.29, 0.717) is 5.56 Å². The van der Waals surface area contributed by atoms with Gasteiger partial charge in [-0.05, 0) is 53.9 Å². The lowest BCUT2D eigenvalue weighted by molar-refractivity contribution is 0.639. The summed E-state index contributed by atoms with van der Waals surface area (Å²) >= 11 is 1.67. The average Bonchev–Trinajstić information content (AvgIpc) is 3.25. The van der Waals surface area contributed by atoms with Crippen LogP contribution in [0.15, 0.2) is 84.0 Å². The molecule has 0 aliphatic heterocycles. The number of anilines is 1. The predicted molar refractivity (Wildman–Crippen MR) is 131 cm³/mol. The van der Waals surface area contributed by atoms with E-state index in [9.17, 15) is 0 Å². The Morgan fingerprint density at radius 3 is 2.25 bits per heavy atom. The fourth-order valence-corrected chi connectivity index (χ4v) is 4.35. The summed E-state index contributed by atoms with van der Waals surface area (Å²) in [6.07, 6.45) is 0.909. The third-order valence-electron chi connectivity index (χ3n) is 5.28. The first-order chi connectivity index (χ1) is 15.6. The molecule has 6 heteroatoms. The molecule has 0 saturated heterocycles. The van der Waals surface area contributed by atoms with Gasteiger partial charge in [-0.15, -0.1) is 10.2 Å². The molecule has 0 aliphatic carbocycles. The number of nitriles is 1. The van der Waals surface area contributed by atoms with E-state index < -0.39 is 0 Å². The van der Waals surface area contributed by atoms with Crippen LogP contribution in [-0.4, -0.2) is 28.9 Å². The molecule has 5 nitrogen and oxygen atoms in total. The number of benzene rings is 3. The zero-order chi connectivity index (χ0) is 22.3. The molecule has 0 aliphatic rings. The number of aromatic nitrogens is 3. The summed E-state index contributed by atoms with van der Waals surface area (Å²) < 4.78 is 2.21. The fourth-order valence-electron chi connectivity index (χ4n) is 3.43. The molecule has 0 amide bonds. The maximum absolute atomic E-state index is 9.00. The van der Waals surface area contributed by atoms with Gasteiger partial charge in [0.15, 0.2) is 11.0 Å². The molecule has 0 fully saturated rings. The van der Waals surface area contributed by atoms with Crippen LogP contribution in [0.5, 0.6) is 0 Å². The van der Waals surface area contributed by atoms with Crippen molar-refractivity contribution in [3.05, 3.63) is 95.6 Å². The summed E-state index contributed by atoms with van der Waals surface area (Å²) in [4.78, 5) is 2.09. The lowest BCUT2D eigenvalue weighted by Crippen LogP contribution is -2.08. The molecule has 1 heterocycles. The lowest BCUT2D eigenvalue weighted by atomic mass is 10.1. The van der Waals surface area contributed by atoms with Gasteiger partial charge in [0.2, 0.25) is 0 Å². The van der Waals surface area contributed by atoms with Crippen LogP contribution in [-0.2, 0) is 18.7 Å². The molecule has 0 unspecified atom stereocenters. The van der Waals surface area contributed by atoms with Crippen LogP contribution in [0.25, 0.3) is 11.4 Å². The molecule has 0 N–H and O–H groups in total. The van der Waals surface area contributed by atoms with E-state index in [1.54, 1.807) is 11.8 Å². The second-order valence-electron chi connectivity index (χ2n) is 7.73. The maximum atomic E-state index is 9.00. The summed E-state index contributed by atoms with van der Waals surface area (Å²) in [5.41, 5.74) is 5.33. The van der Waals surface area contributed by atoms with E-state index in [-0.39, 0.29) is 0 Å². The summed E-state index contributed by atoms with van der Waals surface area (Å²) in [7, 11) is 4.07. The van der Waals surface area contributed by atoms with Crippen molar-refractivity contribution in [2.75, 3.05) is 19.0 Å².